The number of anilines is 2. The quantitative estimate of drug-likeness (QED) is 0.0892. The summed E-state index contributed by atoms with van der Waals surface area (Å²) in [6, 6.07) is 35.9. The van der Waals surface area contributed by atoms with Crippen LogP contribution in [0, 0.1) is 17.5 Å². The fourth-order valence-corrected chi connectivity index (χ4v) is 6.88. The number of hydrogen-bond acceptors (Lipinski definition) is 6. The number of carboxylic acid groups (broad SMARTS) is 2. The molecule has 7 aromatic rings. The van der Waals surface area contributed by atoms with Crippen molar-refractivity contribution in [3.8, 4) is 33.8 Å². The molecule has 0 unspecified atom stereocenters. The second-order valence-corrected chi connectivity index (χ2v) is 15.0. The minimum absolute atomic E-state index is 0.0205. The van der Waals surface area contributed by atoms with Crippen LogP contribution < -0.4 is 20.1 Å². The van der Waals surface area contributed by atoms with Crippen LogP contribution in [-0.2, 0) is 6.61 Å². The molecule has 0 aliphatic rings. The first-order valence-electron chi connectivity index (χ1n) is 19.3. The molecule has 2 amide bonds. The molecule has 7 rings (SSSR count). The van der Waals surface area contributed by atoms with Crippen LogP contribution in [0.15, 0.2) is 140 Å². The Hall–Kier alpha value is -7.32. The predicted molar refractivity (Wildman–Crippen MR) is 243 cm³/mol. The summed E-state index contributed by atoms with van der Waals surface area (Å²) in [6.07, 6.45) is 0. The molecule has 0 saturated carbocycles. The Bertz CT molecular complexity index is 2890. The zero-order chi connectivity index (χ0) is 46.8. The molecular formula is C49H34Cl3F3N2O8. The van der Waals surface area contributed by atoms with E-state index in [1.165, 1.54) is 36.4 Å². The summed E-state index contributed by atoms with van der Waals surface area (Å²) >= 11 is 18.0. The van der Waals surface area contributed by atoms with Gasteiger partial charge in [0.25, 0.3) is 11.8 Å². The number of halogens is 6. The van der Waals surface area contributed by atoms with Gasteiger partial charge in [0, 0.05) is 0 Å². The molecule has 16 heteroatoms. The van der Waals surface area contributed by atoms with Gasteiger partial charge in [0.2, 0.25) is 0 Å². The van der Waals surface area contributed by atoms with Crippen molar-refractivity contribution in [2.45, 2.75) is 13.5 Å². The van der Waals surface area contributed by atoms with E-state index >= 15 is 0 Å². The average Bonchev–Trinajstić information content (AvgIpc) is 3.29. The van der Waals surface area contributed by atoms with Gasteiger partial charge < -0.3 is 30.3 Å². The number of aromatic carboxylic acids is 2. The molecule has 7 aromatic carbocycles. The van der Waals surface area contributed by atoms with E-state index in [1.807, 2.05) is 37.3 Å². The lowest BCUT2D eigenvalue weighted by Crippen LogP contribution is -2.18. The number of ether oxygens (including phenoxy) is 2. The van der Waals surface area contributed by atoms with Gasteiger partial charge in [-0.2, -0.15) is 0 Å². The van der Waals surface area contributed by atoms with E-state index in [9.17, 15) is 42.6 Å². The number of carbonyl (C=O) groups excluding carboxylic acids is 2. The molecule has 10 nitrogen and oxygen atoms in total. The van der Waals surface area contributed by atoms with Crippen LogP contribution in [0.2, 0.25) is 15.1 Å². The summed E-state index contributed by atoms with van der Waals surface area (Å²) in [5.74, 6) is -6.17. The smallest absolute Gasteiger partial charge is 0.336 e. The van der Waals surface area contributed by atoms with Gasteiger partial charge in [0.05, 0.1) is 49.6 Å². The lowest BCUT2D eigenvalue weighted by Gasteiger charge is -2.13. The Labute approximate surface area is 384 Å². The van der Waals surface area contributed by atoms with E-state index in [2.05, 4.69) is 10.6 Å². The normalized spacial score (nSPS) is 10.6. The highest BCUT2D eigenvalue weighted by molar-refractivity contribution is 6.42. The topological polar surface area (TPSA) is 151 Å². The van der Waals surface area contributed by atoms with Gasteiger partial charge in [0.15, 0.2) is 0 Å². The van der Waals surface area contributed by atoms with Crippen LogP contribution in [-0.4, -0.2) is 40.6 Å². The zero-order valence-corrected chi connectivity index (χ0v) is 36.1. The van der Waals surface area contributed by atoms with Gasteiger partial charge in [-0.15, -0.1) is 0 Å². The fraction of sp³-hybridized carbons (Fsp3) is 0.0612. The molecular weight excluding hydrogens is 908 g/mol. The molecule has 0 bridgehead atoms. The van der Waals surface area contributed by atoms with Crippen LogP contribution in [0.5, 0.6) is 11.5 Å². The number of amides is 2. The molecule has 0 aromatic heterocycles. The van der Waals surface area contributed by atoms with E-state index in [0.29, 0.717) is 41.4 Å². The lowest BCUT2D eigenvalue weighted by atomic mass is 10.0. The second kappa shape index (κ2) is 21.4. The van der Waals surface area contributed by atoms with E-state index in [1.54, 1.807) is 48.5 Å². The van der Waals surface area contributed by atoms with Crippen molar-refractivity contribution < 1.29 is 52.0 Å². The minimum Gasteiger partial charge on any atom is -0.494 e. The van der Waals surface area contributed by atoms with E-state index in [4.69, 9.17) is 44.3 Å². The van der Waals surface area contributed by atoms with Crippen LogP contribution in [0.25, 0.3) is 22.3 Å². The van der Waals surface area contributed by atoms with E-state index in [-0.39, 0.29) is 48.6 Å². The largest absolute Gasteiger partial charge is 0.494 e. The molecule has 0 radical (unpaired) electrons. The Balaban J connectivity index is 0.000000216. The summed E-state index contributed by atoms with van der Waals surface area (Å²) in [6.45, 7) is 2.68. The molecule has 4 N–H and O–H groups in total. The first kappa shape index (κ1) is 47.2. The molecule has 0 spiro atoms. The Morgan fingerprint density at radius 3 is 1.52 bits per heavy atom. The van der Waals surface area contributed by atoms with E-state index < -0.39 is 46.9 Å². The van der Waals surface area contributed by atoms with Crippen molar-refractivity contribution in [3.63, 3.8) is 0 Å². The average molecular weight is 942 g/mol. The maximum absolute atomic E-state index is 14.8. The monoisotopic (exact) mass is 940 g/mol. The van der Waals surface area contributed by atoms with Gasteiger partial charge in [-0.1, -0.05) is 102 Å². The maximum atomic E-state index is 14.8. The Morgan fingerprint density at radius 1 is 0.492 bits per heavy atom. The Morgan fingerprint density at radius 2 is 0.969 bits per heavy atom. The van der Waals surface area contributed by atoms with Crippen LogP contribution in [0.4, 0.5) is 24.5 Å². The number of hydrogen-bond donors (Lipinski definition) is 4. The van der Waals surface area contributed by atoms with Gasteiger partial charge in [0.1, 0.15) is 41.2 Å². The molecule has 0 saturated heterocycles. The van der Waals surface area contributed by atoms with Gasteiger partial charge in [-0.25, -0.2) is 22.8 Å². The summed E-state index contributed by atoms with van der Waals surface area (Å²) in [5, 5.41) is 22.9. The standard InChI is InChI=1S/C27H19F2NO4.C22H15Cl3FNO4/c28-23-14-19(18-9-6-10-20(13-18)34-16-17-7-2-1-3-8-17)15-24(29)25(23)30-26(31)21-11-4-5-12-22(21)27(32)33;1-2-31-13-5-3-4-11(6-13)12-7-18(25)20(19(26)8-12)27-21(28)14-9-16(23)17(24)10-15(14)22(29)30/h1-15H,16H2,(H,30,31)(H,32,33);3-10H,2H2,1H3,(H,27,28)(H,29,30). The highest BCUT2D eigenvalue weighted by atomic mass is 35.5. The summed E-state index contributed by atoms with van der Waals surface area (Å²) < 4.78 is 55.7. The van der Waals surface area contributed by atoms with Crippen LogP contribution in [0.3, 0.4) is 0 Å². The van der Waals surface area contributed by atoms with Crippen molar-refractivity contribution in [2.75, 3.05) is 17.2 Å². The van der Waals surface area contributed by atoms with Crippen LogP contribution in [0.1, 0.15) is 53.9 Å². The first-order chi connectivity index (χ1) is 31.1. The zero-order valence-electron chi connectivity index (χ0n) is 33.8. The predicted octanol–water partition coefficient (Wildman–Crippen LogP) is 13.0. The third kappa shape index (κ3) is 11.8. The van der Waals surface area contributed by atoms with Crippen molar-refractivity contribution in [1.82, 2.24) is 0 Å². The molecule has 0 atom stereocenters. The highest BCUT2D eigenvalue weighted by Gasteiger charge is 2.23. The van der Waals surface area contributed by atoms with Gasteiger partial charge in [-0.05, 0) is 108 Å². The number of carboxylic acids is 2. The van der Waals surface area contributed by atoms with Crippen molar-refractivity contribution in [2.24, 2.45) is 0 Å². The molecule has 65 heavy (non-hydrogen) atoms. The molecule has 0 fully saturated rings. The summed E-state index contributed by atoms with van der Waals surface area (Å²) in [4.78, 5) is 48.0. The van der Waals surface area contributed by atoms with E-state index in [0.717, 1.165) is 29.8 Å². The van der Waals surface area contributed by atoms with Crippen LogP contribution >= 0.6 is 34.8 Å². The lowest BCUT2D eigenvalue weighted by molar-refractivity contribution is 0.0683. The number of nitrogens with one attached hydrogen (secondary N) is 2. The van der Waals surface area contributed by atoms with Crippen molar-refractivity contribution >= 4 is 69.9 Å². The third-order valence-electron chi connectivity index (χ3n) is 9.39. The Kier molecular flexibility index (Phi) is 15.5. The molecule has 330 valence electrons. The third-order valence-corrected chi connectivity index (χ3v) is 10.4. The molecule has 0 aliphatic carbocycles. The summed E-state index contributed by atoms with van der Waals surface area (Å²) in [5.41, 5.74) is 0.801. The summed E-state index contributed by atoms with van der Waals surface area (Å²) in [7, 11) is 0. The maximum Gasteiger partial charge on any atom is 0.336 e. The second-order valence-electron chi connectivity index (χ2n) is 13.8. The minimum atomic E-state index is -1.39. The molecule has 0 heterocycles. The van der Waals surface area contributed by atoms with Gasteiger partial charge >= 0.3 is 11.9 Å². The van der Waals surface area contributed by atoms with Crippen molar-refractivity contribution in [3.05, 3.63) is 200 Å². The SMILES string of the molecule is CCOc1cccc(-c2cc(F)c(NC(=O)c3cc(Cl)c(Cl)cc3C(=O)O)c(Cl)c2)c1.O=C(O)c1ccccc1C(=O)Nc1c(F)cc(-c2cccc(OCc3ccccc3)c2)cc1F. The van der Waals surface area contributed by atoms with Gasteiger partial charge in [-0.3, -0.25) is 9.59 Å². The highest BCUT2D eigenvalue weighted by Crippen LogP contribution is 2.35. The fourth-order valence-electron chi connectivity index (χ4n) is 6.30. The molecule has 0 aliphatic heterocycles. The number of benzene rings is 7. The van der Waals surface area contributed by atoms with Crippen molar-refractivity contribution in [1.29, 1.82) is 0 Å². The number of rotatable bonds is 13. The number of carbonyl (C=O) groups is 4. The first-order valence-corrected chi connectivity index (χ1v) is 20.4.